The highest BCUT2D eigenvalue weighted by molar-refractivity contribution is 5.91. The maximum absolute atomic E-state index is 12.7. The number of ether oxygens (including phenoxy) is 1. The van der Waals surface area contributed by atoms with E-state index < -0.39 is 5.69 Å². The van der Waals surface area contributed by atoms with E-state index in [2.05, 4.69) is 15.4 Å². The van der Waals surface area contributed by atoms with Crippen molar-refractivity contribution in [3.8, 4) is 11.6 Å². The smallest absolute Gasteiger partial charge is 0.351 e. The quantitative estimate of drug-likeness (QED) is 0.552. The zero-order chi connectivity index (χ0) is 21.3. The van der Waals surface area contributed by atoms with Crippen molar-refractivity contribution in [1.29, 1.82) is 0 Å². The third-order valence-corrected chi connectivity index (χ3v) is 4.88. The molecule has 0 saturated heterocycles. The molecule has 4 rings (SSSR count). The van der Waals surface area contributed by atoms with Crippen molar-refractivity contribution in [2.45, 2.75) is 27.3 Å². The number of hydrogen-bond donors (Lipinski definition) is 1. The Morgan fingerprint density at radius 3 is 2.63 bits per heavy atom. The lowest BCUT2D eigenvalue weighted by Gasteiger charge is -2.09. The number of aromatic nitrogens is 4. The maximum Gasteiger partial charge on any atom is 0.351 e. The van der Waals surface area contributed by atoms with E-state index in [0.29, 0.717) is 11.4 Å². The second-order valence-corrected chi connectivity index (χ2v) is 7.08. The SMILES string of the molecule is Cc1ccc(Oc2nccn3c(=O)n(CC(=O)Nc4cccc(C)c4C)nc23)cc1. The summed E-state index contributed by atoms with van der Waals surface area (Å²) >= 11 is 0. The average Bonchev–Trinajstić information content (AvgIpc) is 3.04. The number of rotatable bonds is 5. The molecule has 0 unspecified atom stereocenters. The van der Waals surface area contributed by atoms with Gasteiger partial charge in [-0.05, 0) is 50.1 Å². The number of anilines is 1. The van der Waals surface area contributed by atoms with Gasteiger partial charge < -0.3 is 10.1 Å². The van der Waals surface area contributed by atoms with Crippen molar-refractivity contribution in [3.05, 3.63) is 82.0 Å². The summed E-state index contributed by atoms with van der Waals surface area (Å²) in [5.74, 6) is 0.422. The van der Waals surface area contributed by atoms with Crippen LogP contribution in [0, 0.1) is 20.8 Å². The molecule has 0 atom stereocenters. The summed E-state index contributed by atoms with van der Waals surface area (Å²) in [4.78, 5) is 29.4. The number of benzene rings is 2. The molecule has 0 aliphatic rings. The first-order chi connectivity index (χ1) is 14.4. The van der Waals surface area contributed by atoms with Gasteiger partial charge in [0.2, 0.25) is 11.6 Å². The number of amides is 1. The monoisotopic (exact) mass is 403 g/mol. The summed E-state index contributed by atoms with van der Waals surface area (Å²) in [5, 5.41) is 7.10. The minimum Gasteiger partial charge on any atom is -0.436 e. The lowest BCUT2D eigenvalue weighted by Crippen LogP contribution is -2.28. The Balaban J connectivity index is 1.60. The van der Waals surface area contributed by atoms with Gasteiger partial charge in [0.1, 0.15) is 12.3 Å². The molecule has 2 aromatic carbocycles. The Morgan fingerprint density at radius 2 is 1.87 bits per heavy atom. The Kier molecular flexibility index (Phi) is 5.05. The molecule has 2 heterocycles. The number of nitrogens with one attached hydrogen (secondary N) is 1. The van der Waals surface area contributed by atoms with E-state index in [0.717, 1.165) is 21.4 Å². The second-order valence-electron chi connectivity index (χ2n) is 7.08. The first-order valence-corrected chi connectivity index (χ1v) is 9.47. The van der Waals surface area contributed by atoms with Crippen molar-refractivity contribution in [2.24, 2.45) is 0 Å². The van der Waals surface area contributed by atoms with Gasteiger partial charge in [0.15, 0.2) is 0 Å². The van der Waals surface area contributed by atoms with Crippen molar-refractivity contribution < 1.29 is 9.53 Å². The van der Waals surface area contributed by atoms with Crippen LogP contribution in [-0.4, -0.2) is 25.1 Å². The average molecular weight is 403 g/mol. The summed E-state index contributed by atoms with van der Waals surface area (Å²) in [6, 6.07) is 13.1. The van der Waals surface area contributed by atoms with Gasteiger partial charge in [0, 0.05) is 18.1 Å². The highest BCUT2D eigenvalue weighted by atomic mass is 16.5. The lowest BCUT2D eigenvalue weighted by atomic mass is 10.1. The van der Waals surface area contributed by atoms with Crippen LogP contribution in [-0.2, 0) is 11.3 Å². The summed E-state index contributed by atoms with van der Waals surface area (Å²) in [5.41, 5.74) is 3.65. The van der Waals surface area contributed by atoms with Gasteiger partial charge in [-0.25, -0.2) is 18.9 Å². The Morgan fingerprint density at radius 1 is 1.10 bits per heavy atom. The fraction of sp³-hybridized carbons (Fsp3) is 0.182. The first kappa shape index (κ1) is 19.4. The molecule has 1 N–H and O–H groups in total. The number of hydrogen-bond acceptors (Lipinski definition) is 5. The van der Waals surface area contributed by atoms with Crippen LogP contribution in [0.4, 0.5) is 5.69 Å². The van der Waals surface area contributed by atoms with E-state index in [1.165, 1.54) is 16.8 Å². The molecule has 152 valence electrons. The minimum atomic E-state index is -0.447. The molecule has 0 aliphatic carbocycles. The Labute approximate surface area is 172 Å². The predicted octanol–water partition coefficient (Wildman–Crippen LogP) is 3.25. The van der Waals surface area contributed by atoms with Gasteiger partial charge in [0.05, 0.1) is 0 Å². The van der Waals surface area contributed by atoms with Crippen molar-refractivity contribution in [3.63, 3.8) is 0 Å². The van der Waals surface area contributed by atoms with Crippen LogP contribution in [0.2, 0.25) is 0 Å². The zero-order valence-electron chi connectivity index (χ0n) is 16.9. The molecule has 0 spiro atoms. The maximum atomic E-state index is 12.7. The number of fused-ring (bicyclic) bond motifs is 1. The van der Waals surface area contributed by atoms with E-state index in [4.69, 9.17) is 4.74 Å². The standard InChI is InChI=1S/C22H21N5O3/c1-14-7-9-17(10-8-14)30-21-20-25-27(22(29)26(20)12-11-23-21)13-19(28)24-18-6-4-5-15(2)16(18)3/h4-12H,13H2,1-3H3,(H,24,28). The van der Waals surface area contributed by atoms with Gasteiger partial charge in [-0.1, -0.05) is 29.8 Å². The summed E-state index contributed by atoms with van der Waals surface area (Å²) in [6.45, 7) is 5.66. The van der Waals surface area contributed by atoms with E-state index in [1.54, 1.807) is 0 Å². The molecule has 1 amide bonds. The van der Waals surface area contributed by atoms with Crippen LogP contribution < -0.4 is 15.7 Å². The molecule has 8 nitrogen and oxygen atoms in total. The number of nitrogens with zero attached hydrogens (tertiary/aromatic N) is 4. The fourth-order valence-electron chi connectivity index (χ4n) is 3.03. The molecule has 0 bridgehead atoms. The minimum absolute atomic E-state index is 0.187. The second kappa shape index (κ2) is 7.82. The summed E-state index contributed by atoms with van der Waals surface area (Å²) in [6.07, 6.45) is 2.95. The molecular formula is C22H21N5O3. The van der Waals surface area contributed by atoms with Crippen LogP contribution >= 0.6 is 0 Å². The molecule has 8 heteroatoms. The Hall–Kier alpha value is -3.94. The van der Waals surface area contributed by atoms with Crippen molar-refractivity contribution in [2.75, 3.05) is 5.32 Å². The summed E-state index contributed by atoms with van der Waals surface area (Å²) < 4.78 is 8.20. The van der Waals surface area contributed by atoms with Crippen LogP contribution in [0.3, 0.4) is 0 Å². The molecular weight excluding hydrogens is 382 g/mol. The van der Waals surface area contributed by atoms with E-state index in [9.17, 15) is 9.59 Å². The molecule has 0 aliphatic heterocycles. The number of carbonyl (C=O) groups is 1. The van der Waals surface area contributed by atoms with E-state index in [-0.39, 0.29) is 24.0 Å². The fourth-order valence-corrected chi connectivity index (χ4v) is 3.03. The normalized spacial score (nSPS) is 10.9. The van der Waals surface area contributed by atoms with Crippen molar-refractivity contribution in [1.82, 2.24) is 19.2 Å². The predicted molar refractivity (Wildman–Crippen MR) is 113 cm³/mol. The molecule has 2 aromatic heterocycles. The number of aryl methyl sites for hydroxylation is 2. The zero-order valence-corrected chi connectivity index (χ0v) is 16.9. The molecule has 0 fully saturated rings. The first-order valence-electron chi connectivity index (χ1n) is 9.47. The third kappa shape index (κ3) is 3.80. The molecule has 30 heavy (non-hydrogen) atoms. The highest BCUT2D eigenvalue weighted by Crippen LogP contribution is 2.22. The Bertz CT molecular complexity index is 1290. The van der Waals surface area contributed by atoms with Gasteiger partial charge in [-0.3, -0.25) is 4.79 Å². The summed E-state index contributed by atoms with van der Waals surface area (Å²) in [7, 11) is 0. The number of carbonyl (C=O) groups excluding carboxylic acids is 1. The largest absolute Gasteiger partial charge is 0.436 e. The van der Waals surface area contributed by atoms with Crippen LogP contribution in [0.25, 0.3) is 5.65 Å². The topological polar surface area (TPSA) is 90.5 Å². The van der Waals surface area contributed by atoms with Gasteiger partial charge in [-0.15, -0.1) is 5.10 Å². The van der Waals surface area contributed by atoms with Crippen LogP contribution in [0.15, 0.2) is 59.7 Å². The van der Waals surface area contributed by atoms with E-state index >= 15 is 0 Å². The van der Waals surface area contributed by atoms with Gasteiger partial charge >= 0.3 is 5.69 Å². The van der Waals surface area contributed by atoms with Gasteiger partial charge in [-0.2, -0.15) is 0 Å². The van der Waals surface area contributed by atoms with Crippen LogP contribution in [0.5, 0.6) is 11.6 Å². The van der Waals surface area contributed by atoms with Gasteiger partial charge in [0.25, 0.3) is 5.88 Å². The van der Waals surface area contributed by atoms with E-state index in [1.807, 2.05) is 63.2 Å². The highest BCUT2D eigenvalue weighted by Gasteiger charge is 2.16. The molecule has 4 aromatic rings. The third-order valence-electron chi connectivity index (χ3n) is 4.88. The molecule has 0 radical (unpaired) electrons. The van der Waals surface area contributed by atoms with Crippen LogP contribution in [0.1, 0.15) is 16.7 Å². The van der Waals surface area contributed by atoms with Crippen molar-refractivity contribution >= 4 is 17.2 Å². The lowest BCUT2D eigenvalue weighted by molar-refractivity contribution is -0.117. The molecule has 0 saturated carbocycles.